The van der Waals surface area contributed by atoms with E-state index < -0.39 is 6.10 Å². The molecule has 5 rings (SSSR count). The molecule has 1 N–H and O–H groups in total. The topological polar surface area (TPSA) is 71.2 Å². The minimum atomic E-state index is -0.498. The van der Waals surface area contributed by atoms with Gasteiger partial charge in [0.15, 0.2) is 5.65 Å². The number of thiophene rings is 1. The van der Waals surface area contributed by atoms with Crippen molar-refractivity contribution < 1.29 is 9.90 Å². The third kappa shape index (κ3) is 4.50. The Morgan fingerprint density at radius 3 is 2.46 bits per heavy atom. The predicted octanol–water partition coefficient (Wildman–Crippen LogP) is 5.94. The minimum absolute atomic E-state index is 0.0132. The van der Waals surface area contributed by atoms with E-state index in [1.165, 1.54) is 9.75 Å². The first-order valence-corrected chi connectivity index (χ1v) is 13.1. The first kappa shape index (κ1) is 23.7. The fourth-order valence-corrected chi connectivity index (χ4v) is 6.04. The van der Waals surface area contributed by atoms with Crippen LogP contribution in [0.4, 0.5) is 0 Å². The summed E-state index contributed by atoms with van der Waals surface area (Å²) in [5.74, 6) is 0.161. The molecule has 0 bridgehead atoms. The number of rotatable bonds is 5. The number of amides is 1. The molecule has 1 atom stereocenters. The highest BCUT2D eigenvalue weighted by molar-refractivity contribution is 7.12. The molecule has 35 heavy (non-hydrogen) atoms. The van der Waals surface area contributed by atoms with Crippen LogP contribution < -0.4 is 0 Å². The second-order valence-corrected chi connectivity index (χ2v) is 11.2. The molecule has 0 saturated carbocycles. The van der Waals surface area contributed by atoms with Gasteiger partial charge in [-0.15, -0.1) is 11.3 Å². The highest BCUT2D eigenvalue weighted by atomic mass is 32.1. The summed E-state index contributed by atoms with van der Waals surface area (Å²) < 4.78 is 1.90. The normalized spacial score (nSPS) is 15.8. The average molecular weight is 489 g/mol. The van der Waals surface area contributed by atoms with Gasteiger partial charge in [0.05, 0.1) is 28.9 Å². The van der Waals surface area contributed by atoms with Crippen LogP contribution >= 0.6 is 11.3 Å². The molecule has 6 nitrogen and oxygen atoms in total. The van der Waals surface area contributed by atoms with Gasteiger partial charge in [-0.2, -0.15) is 5.10 Å². The van der Waals surface area contributed by atoms with E-state index in [9.17, 15) is 9.90 Å². The Kier molecular flexibility index (Phi) is 6.47. The molecule has 7 heteroatoms. The van der Waals surface area contributed by atoms with Gasteiger partial charge in [0.2, 0.25) is 0 Å². The van der Waals surface area contributed by atoms with E-state index in [0.29, 0.717) is 18.7 Å². The lowest BCUT2D eigenvalue weighted by Crippen LogP contribution is -2.39. The fraction of sp³-hybridized carbons (Fsp3) is 0.393. The fourth-order valence-electron chi connectivity index (χ4n) is 5.11. The van der Waals surface area contributed by atoms with Crippen molar-refractivity contribution in [2.45, 2.75) is 52.7 Å². The largest absolute Gasteiger partial charge is 0.388 e. The van der Waals surface area contributed by atoms with Crippen LogP contribution in [0, 0.1) is 19.8 Å². The number of fused-ring (bicyclic) bond motifs is 1. The molecule has 1 aliphatic heterocycles. The Morgan fingerprint density at radius 2 is 1.83 bits per heavy atom. The molecule has 1 aliphatic rings. The number of hydrogen-bond donors (Lipinski definition) is 1. The van der Waals surface area contributed by atoms with Gasteiger partial charge in [-0.25, -0.2) is 9.67 Å². The number of carbonyl (C=O) groups is 1. The molecule has 0 radical (unpaired) electrons. The van der Waals surface area contributed by atoms with Crippen LogP contribution in [0.15, 0.2) is 48.7 Å². The standard InChI is InChI=1S/C28H32N4O2S/c1-17(2)32-27-24(16-29-32)23(15-25(30-27)22-14-18(3)35-19(22)4)28(34)31-12-10-21(11-13-31)26(33)20-8-6-5-7-9-20/h5-9,14-17,21,26,33H,10-13H2,1-4H3. The van der Waals surface area contributed by atoms with Crippen molar-refractivity contribution in [3.8, 4) is 11.3 Å². The maximum Gasteiger partial charge on any atom is 0.254 e. The van der Waals surface area contributed by atoms with Gasteiger partial charge < -0.3 is 10.0 Å². The van der Waals surface area contributed by atoms with Crippen LogP contribution in [-0.4, -0.2) is 43.8 Å². The van der Waals surface area contributed by atoms with Crippen LogP contribution in [0.2, 0.25) is 0 Å². The molecule has 1 unspecified atom stereocenters. The lowest BCUT2D eigenvalue weighted by molar-refractivity contribution is 0.0463. The predicted molar refractivity (Wildman–Crippen MR) is 141 cm³/mol. The molecule has 1 aromatic carbocycles. The zero-order chi connectivity index (χ0) is 24.7. The van der Waals surface area contributed by atoms with Crippen molar-refractivity contribution in [1.82, 2.24) is 19.7 Å². The summed E-state index contributed by atoms with van der Waals surface area (Å²) in [7, 11) is 0. The summed E-state index contributed by atoms with van der Waals surface area (Å²) in [6.07, 6.45) is 2.83. The zero-order valence-electron chi connectivity index (χ0n) is 20.7. The molecule has 0 spiro atoms. The molecule has 4 heterocycles. The smallest absolute Gasteiger partial charge is 0.254 e. The van der Waals surface area contributed by atoms with E-state index in [2.05, 4.69) is 38.9 Å². The first-order valence-electron chi connectivity index (χ1n) is 12.3. The molecule has 4 aromatic rings. The first-order chi connectivity index (χ1) is 16.8. The summed E-state index contributed by atoms with van der Waals surface area (Å²) in [5.41, 5.74) is 4.24. The Balaban J connectivity index is 1.45. The van der Waals surface area contributed by atoms with Gasteiger partial charge >= 0.3 is 0 Å². The van der Waals surface area contributed by atoms with E-state index in [-0.39, 0.29) is 17.9 Å². The number of nitrogens with zero attached hydrogens (tertiary/aromatic N) is 4. The molecular weight excluding hydrogens is 456 g/mol. The Morgan fingerprint density at radius 1 is 1.11 bits per heavy atom. The van der Waals surface area contributed by atoms with Gasteiger partial charge in [0, 0.05) is 34.4 Å². The van der Waals surface area contributed by atoms with Crippen molar-refractivity contribution in [2.24, 2.45) is 5.92 Å². The van der Waals surface area contributed by atoms with Crippen molar-refractivity contribution in [1.29, 1.82) is 0 Å². The monoisotopic (exact) mass is 488 g/mol. The third-order valence-corrected chi connectivity index (χ3v) is 7.98. The minimum Gasteiger partial charge on any atom is -0.388 e. The summed E-state index contributed by atoms with van der Waals surface area (Å²) in [5, 5.41) is 16.2. The van der Waals surface area contributed by atoms with Crippen molar-refractivity contribution in [2.75, 3.05) is 13.1 Å². The summed E-state index contributed by atoms with van der Waals surface area (Å²) in [6, 6.07) is 14.0. The Hall–Kier alpha value is -3.03. The number of hydrogen-bond acceptors (Lipinski definition) is 5. The summed E-state index contributed by atoms with van der Waals surface area (Å²) in [4.78, 5) is 23.1. The summed E-state index contributed by atoms with van der Waals surface area (Å²) in [6.45, 7) is 9.60. The van der Waals surface area contributed by atoms with Crippen LogP contribution in [-0.2, 0) is 0 Å². The molecule has 1 fully saturated rings. The molecule has 3 aromatic heterocycles. The number of aliphatic hydroxyl groups is 1. The lowest BCUT2D eigenvalue weighted by atomic mass is 9.87. The number of pyridine rings is 1. The molecular formula is C28H32N4O2S. The van der Waals surface area contributed by atoms with Crippen LogP contribution in [0.5, 0.6) is 0 Å². The van der Waals surface area contributed by atoms with E-state index in [1.54, 1.807) is 17.5 Å². The van der Waals surface area contributed by atoms with E-state index >= 15 is 0 Å². The highest BCUT2D eigenvalue weighted by Gasteiger charge is 2.30. The van der Waals surface area contributed by atoms with Gasteiger partial charge in [-0.1, -0.05) is 30.3 Å². The Labute approximate surface area is 210 Å². The van der Waals surface area contributed by atoms with Crippen molar-refractivity contribution in [3.05, 3.63) is 69.5 Å². The van der Waals surface area contributed by atoms with Gasteiger partial charge in [0.25, 0.3) is 5.91 Å². The number of aliphatic hydroxyl groups excluding tert-OH is 1. The highest BCUT2D eigenvalue weighted by Crippen LogP contribution is 2.35. The maximum absolute atomic E-state index is 13.8. The SMILES string of the molecule is Cc1cc(-c2cc(C(=O)N3CCC(C(O)c4ccccc4)CC3)c3cnn(C(C)C)c3n2)c(C)s1. The zero-order valence-corrected chi connectivity index (χ0v) is 21.5. The van der Waals surface area contributed by atoms with E-state index in [1.807, 2.05) is 46.0 Å². The van der Waals surface area contributed by atoms with E-state index in [0.717, 1.165) is 40.7 Å². The number of benzene rings is 1. The van der Waals surface area contributed by atoms with Gasteiger partial charge in [0.1, 0.15) is 0 Å². The molecule has 1 amide bonds. The average Bonchev–Trinajstić information content (AvgIpc) is 3.45. The Bertz CT molecular complexity index is 1350. The quantitative estimate of drug-likeness (QED) is 0.377. The molecule has 0 aliphatic carbocycles. The summed E-state index contributed by atoms with van der Waals surface area (Å²) >= 11 is 1.74. The van der Waals surface area contributed by atoms with Crippen LogP contribution in [0.3, 0.4) is 0 Å². The number of carbonyl (C=O) groups excluding carboxylic acids is 1. The molecule has 182 valence electrons. The number of likely N-dealkylation sites (tertiary alicyclic amines) is 1. The number of aryl methyl sites for hydroxylation is 2. The molecule has 1 saturated heterocycles. The number of piperidine rings is 1. The second kappa shape index (κ2) is 9.55. The van der Waals surface area contributed by atoms with Crippen molar-refractivity contribution in [3.63, 3.8) is 0 Å². The van der Waals surface area contributed by atoms with Gasteiger partial charge in [-0.3, -0.25) is 4.79 Å². The lowest BCUT2D eigenvalue weighted by Gasteiger charge is -2.34. The van der Waals surface area contributed by atoms with E-state index in [4.69, 9.17) is 4.98 Å². The maximum atomic E-state index is 13.8. The van der Waals surface area contributed by atoms with Crippen LogP contribution in [0.25, 0.3) is 22.3 Å². The van der Waals surface area contributed by atoms with Crippen LogP contribution in [0.1, 0.15) is 64.5 Å². The van der Waals surface area contributed by atoms with Gasteiger partial charge in [-0.05, 0) is 64.2 Å². The van der Waals surface area contributed by atoms with Crippen molar-refractivity contribution >= 4 is 28.3 Å². The second-order valence-electron chi connectivity index (χ2n) is 9.79. The third-order valence-electron chi connectivity index (χ3n) is 7.02. The number of aromatic nitrogens is 3.